The van der Waals surface area contributed by atoms with E-state index in [1.165, 1.54) is 51.4 Å². The first-order valence-electron chi connectivity index (χ1n) is 35.5. The first kappa shape index (κ1) is 88.0. The van der Waals surface area contributed by atoms with Gasteiger partial charge in [0, 0.05) is 25.7 Å². The average Bonchev–Trinajstić information content (AvgIpc) is 2.31. The molecule has 19 heteroatoms. The molecule has 0 amide bonds. The fourth-order valence-electron chi connectivity index (χ4n) is 9.10. The van der Waals surface area contributed by atoms with Crippen molar-refractivity contribution >= 4 is 39.5 Å². The highest BCUT2D eigenvalue weighted by Gasteiger charge is 2.30. The predicted molar refractivity (Wildman–Crippen MR) is 372 cm³/mol. The Labute approximate surface area is 557 Å². The van der Waals surface area contributed by atoms with Crippen LogP contribution in [0.15, 0.2) is 97.2 Å². The zero-order valence-electron chi connectivity index (χ0n) is 57.4. The molecule has 92 heavy (non-hydrogen) atoms. The van der Waals surface area contributed by atoms with Gasteiger partial charge in [0.2, 0.25) is 0 Å². The maximum atomic E-state index is 13.0. The first-order valence-corrected chi connectivity index (χ1v) is 38.5. The molecule has 0 rings (SSSR count). The number of aliphatic hydroxyl groups excluding tert-OH is 1. The summed E-state index contributed by atoms with van der Waals surface area (Å²) in [5.41, 5.74) is 0. The number of ether oxygens (including phenoxy) is 4. The molecule has 0 heterocycles. The fraction of sp³-hybridized carbons (Fsp3) is 0.726. The second-order valence-corrected chi connectivity index (χ2v) is 26.4. The van der Waals surface area contributed by atoms with Crippen molar-refractivity contribution in [1.82, 2.24) is 0 Å². The predicted octanol–water partition coefficient (Wildman–Crippen LogP) is 19.7. The van der Waals surface area contributed by atoms with Crippen molar-refractivity contribution < 1.29 is 80.2 Å². The summed E-state index contributed by atoms with van der Waals surface area (Å²) in [4.78, 5) is 72.5. The van der Waals surface area contributed by atoms with E-state index in [0.29, 0.717) is 32.1 Å². The van der Waals surface area contributed by atoms with Crippen LogP contribution in [0, 0.1) is 0 Å². The summed E-state index contributed by atoms with van der Waals surface area (Å²) in [6, 6.07) is 0. The van der Waals surface area contributed by atoms with Gasteiger partial charge in [-0.1, -0.05) is 247 Å². The van der Waals surface area contributed by atoms with Crippen molar-refractivity contribution in [3.63, 3.8) is 0 Å². The SMILES string of the molecule is CC/C=C\C/C=C\C/C=C\C/C=C\C/C=C\CCCC(=O)OCC(COP(=O)(O)OCC(O)COP(=O)(O)OCC(COC(=O)CCCCCCC/C=C\C/C=C\CCC)OC(=O)CCCCCCCCCCCCC)OC(=O)CCCCCCC/C=C\CCCC. The Morgan fingerprint density at radius 1 is 0.315 bits per heavy atom. The van der Waals surface area contributed by atoms with Crippen LogP contribution < -0.4 is 0 Å². The highest BCUT2D eigenvalue weighted by atomic mass is 31.2. The Balaban J connectivity index is 5.35. The lowest BCUT2D eigenvalue weighted by atomic mass is 10.1. The van der Waals surface area contributed by atoms with Crippen LogP contribution in [-0.4, -0.2) is 96.7 Å². The van der Waals surface area contributed by atoms with Crippen LogP contribution >= 0.6 is 15.6 Å². The molecule has 0 spiro atoms. The maximum absolute atomic E-state index is 13.0. The molecule has 17 nitrogen and oxygen atoms in total. The van der Waals surface area contributed by atoms with Gasteiger partial charge in [0.1, 0.15) is 19.3 Å². The molecule has 0 aromatic rings. The molecule has 0 fully saturated rings. The van der Waals surface area contributed by atoms with Gasteiger partial charge in [0.15, 0.2) is 12.2 Å². The van der Waals surface area contributed by atoms with E-state index in [1.54, 1.807) is 0 Å². The van der Waals surface area contributed by atoms with Gasteiger partial charge in [-0.2, -0.15) is 0 Å². The lowest BCUT2D eigenvalue weighted by Gasteiger charge is -2.21. The smallest absolute Gasteiger partial charge is 0.462 e. The molecule has 530 valence electrons. The molecule has 3 N–H and O–H groups in total. The van der Waals surface area contributed by atoms with Crippen LogP contribution in [0.25, 0.3) is 0 Å². The van der Waals surface area contributed by atoms with Crippen molar-refractivity contribution in [3.05, 3.63) is 97.2 Å². The summed E-state index contributed by atoms with van der Waals surface area (Å²) in [5, 5.41) is 10.6. The Hall–Kier alpha value is -4.02. The standard InChI is InChI=1S/C73H126O17P2/c1-5-9-13-17-21-25-29-31-32-33-34-36-40-42-46-50-54-58-71(76)84-64-69(90-73(78)60-56-52-48-44-38-28-24-20-16-12-8-4)66-88-92(81,82)86-62-67(74)61-85-91(79,80)87-65-68(89-72(77)59-55-51-47-43-37-27-23-19-15-11-7-3)63-83-70(75)57-53-49-45-41-39-35-30-26-22-18-14-10-6-2/h9,13-14,18,20-21,24-26,30-32,34,36,42,46,67-69,74H,5-8,10-12,15-17,19,22-23,27-29,33,35,37-41,43-45,47-66H2,1-4H3,(H,79,80)(H,81,82)/b13-9-,18-14-,24-20-,25-21-,30-26-,32-31-,36-34-,46-42-. The van der Waals surface area contributed by atoms with E-state index in [4.69, 9.17) is 37.0 Å². The van der Waals surface area contributed by atoms with E-state index in [1.807, 2.05) is 12.2 Å². The molecule has 0 aliphatic rings. The number of carbonyl (C=O) groups excluding carboxylic acids is 4. The quantitative estimate of drug-likeness (QED) is 0.0169. The highest BCUT2D eigenvalue weighted by Crippen LogP contribution is 2.45. The average molecular weight is 1340 g/mol. The molecule has 0 saturated heterocycles. The molecule has 0 aliphatic heterocycles. The zero-order valence-corrected chi connectivity index (χ0v) is 59.2. The summed E-state index contributed by atoms with van der Waals surface area (Å²) in [6.07, 6.45) is 65.8. The lowest BCUT2D eigenvalue weighted by molar-refractivity contribution is -0.161. The minimum atomic E-state index is -4.98. The van der Waals surface area contributed by atoms with E-state index >= 15 is 0 Å². The van der Waals surface area contributed by atoms with Gasteiger partial charge in [-0.05, 0) is 109 Å². The third kappa shape index (κ3) is 64.7. The molecule has 5 unspecified atom stereocenters. The second-order valence-electron chi connectivity index (χ2n) is 23.4. The monoisotopic (exact) mass is 1340 g/mol. The van der Waals surface area contributed by atoms with Gasteiger partial charge in [0.25, 0.3) is 0 Å². The van der Waals surface area contributed by atoms with Gasteiger partial charge >= 0.3 is 39.5 Å². The molecule has 0 saturated carbocycles. The fourth-order valence-corrected chi connectivity index (χ4v) is 10.7. The summed E-state index contributed by atoms with van der Waals surface area (Å²) < 4.78 is 68.1. The number of rotatable bonds is 66. The largest absolute Gasteiger partial charge is 0.472 e. The van der Waals surface area contributed by atoms with E-state index < -0.39 is 97.5 Å². The van der Waals surface area contributed by atoms with Crippen LogP contribution in [0.5, 0.6) is 0 Å². The van der Waals surface area contributed by atoms with Crippen LogP contribution in [0.3, 0.4) is 0 Å². The minimum absolute atomic E-state index is 0.0718. The number of carbonyl (C=O) groups is 4. The van der Waals surface area contributed by atoms with Gasteiger partial charge in [-0.25, -0.2) is 9.13 Å². The van der Waals surface area contributed by atoms with Crippen molar-refractivity contribution in [1.29, 1.82) is 0 Å². The first-order chi connectivity index (χ1) is 44.7. The Morgan fingerprint density at radius 2 is 0.609 bits per heavy atom. The lowest BCUT2D eigenvalue weighted by Crippen LogP contribution is -2.30. The molecule has 0 radical (unpaired) electrons. The minimum Gasteiger partial charge on any atom is -0.462 e. The molecule has 5 atom stereocenters. The molecular weight excluding hydrogens is 1210 g/mol. The number of phosphoric acid groups is 2. The summed E-state index contributed by atoms with van der Waals surface area (Å²) in [5.74, 6) is -2.26. The second kappa shape index (κ2) is 65.6. The summed E-state index contributed by atoms with van der Waals surface area (Å²) in [6.45, 7) is 4.54. The molecule has 0 aromatic heterocycles. The number of esters is 4. The number of hydrogen-bond donors (Lipinski definition) is 3. The van der Waals surface area contributed by atoms with E-state index in [2.05, 4.69) is 113 Å². The topological polar surface area (TPSA) is 237 Å². The van der Waals surface area contributed by atoms with Crippen LogP contribution in [0.1, 0.15) is 285 Å². The molecular formula is C73H126O17P2. The number of allylic oxidation sites excluding steroid dienone is 16. The third-order valence-electron chi connectivity index (χ3n) is 14.5. The van der Waals surface area contributed by atoms with Crippen LogP contribution in [0.4, 0.5) is 0 Å². The summed E-state index contributed by atoms with van der Waals surface area (Å²) >= 11 is 0. The van der Waals surface area contributed by atoms with Crippen molar-refractivity contribution in [3.8, 4) is 0 Å². The number of phosphoric ester groups is 2. The van der Waals surface area contributed by atoms with Crippen molar-refractivity contribution in [2.45, 2.75) is 303 Å². The number of unbranched alkanes of at least 4 members (excludes halogenated alkanes) is 24. The van der Waals surface area contributed by atoms with E-state index in [0.717, 1.165) is 148 Å². The van der Waals surface area contributed by atoms with Gasteiger partial charge < -0.3 is 33.8 Å². The summed E-state index contributed by atoms with van der Waals surface area (Å²) in [7, 11) is -9.95. The van der Waals surface area contributed by atoms with Crippen LogP contribution in [-0.2, 0) is 65.4 Å². The Bertz CT molecular complexity index is 2130. The maximum Gasteiger partial charge on any atom is 0.472 e. The molecule has 0 aliphatic carbocycles. The van der Waals surface area contributed by atoms with Gasteiger partial charge in [-0.15, -0.1) is 0 Å². The zero-order chi connectivity index (χ0) is 67.5. The van der Waals surface area contributed by atoms with E-state index in [-0.39, 0.29) is 25.7 Å². The number of hydrogen-bond acceptors (Lipinski definition) is 15. The van der Waals surface area contributed by atoms with Crippen LogP contribution in [0.2, 0.25) is 0 Å². The molecule has 0 aromatic carbocycles. The normalized spacial score (nSPS) is 14.6. The van der Waals surface area contributed by atoms with Crippen molar-refractivity contribution in [2.24, 2.45) is 0 Å². The Morgan fingerprint density at radius 3 is 1.00 bits per heavy atom. The highest BCUT2D eigenvalue weighted by molar-refractivity contribution is 7.47. The van der Waals surface area contributed by atoms with Gasteiger partial charge in [-0.3, -0.25) is 37.3 Å². The van der Waals surface area contributed by atoms with Crippen molar-refractivity contribution in [2.75, 3.05) is 39.6 Å². The van der Waals surface area contributed by atoms with Gasteiger partial charge in [0.05, 0.1) is 26.4 Å². The van der Waals surface area contributed by atoms with E-state index in [9.17, 15) is 43.2 Å². The Kier molecular flexibility index (Phi) is 62.8. The molecule has 0 bridgehead atoms. The number of aliphatic hydroxyl groups is 1. The third-order valence-corrected chi connectivity index (χ3v) is 16.4.